The van der Waals surface area contributed by atoms with Gasteiger partial charge in [-0.2, -0.15) is 5.26 Å². The highest BCUT2D eigenvalue weighted by molar-refractivity contribution is 8.03. The number of nitrogens with zero attached hydrogens (tertiary/aromatic N) is 1. The van der Waals surface area contributed by atoms with Gasteiger partial charge in [-0.05, 0) is 60.1 Å². The first kappa shape index (κ1) is 17.5. The van der Waals surface area contributed by atoms with Gasteiger partial charge in [0.05, 0.1) is 0 Å². The molecule has 0 aliphatic carbocycles. The number of hydrogen-bond donors (Lipinski definition) is 2. The summed E-state index contributed by atoms with van der Waals surface area (Å²) in [6.45, 7) is 0.273. The molecule has 0 unspecified atom stereocenters. The van der Waals surface area contributed by atoms with Gasteiger partial charge in [-0.3, -0.25) is 9.59 Å². The molecule has 2 aromatic carbocycles. The van der Waals surface area contributed by atoms with E-state index >= 15 is 0 Å². The molecule has 2 aromatic rings. The molecule has 0 fully saturated rings. The number of carbonyl (C=O) groups is 2. The van der Waals surface area contributed by atoms with E-state index in [4.69, 9.17) is 5.26 Å². The molecule has 0 aliphatic rings. The lowest BCUT2D eigenvalue weighted by Crippen LogP contribution is -2.36. The van der Waals surface area contributed by atoms with Gasteiger partial charge in [0.15, 0.2) is 0 Å². The van der Waals surface area contributed by atoms with E-state index in [0.717, 1.165) is 22.2 Å². The number of amides is 2. The van der Waals surface area contributed by atoms with Crippen molar-refractivity contribution < 1.29 is 14.0 Å². The van der Waals surface area contributed by atoms with Gasteiger partial charge in [0.1, 0.15) is 11.2 Å². The maximum Gasteiger partial charge on any atom is 0.313 e. The molecule has 2 rings (SSSR count). The van der Waals surface area contributed by atoms with Crippen LogP contribution in [0.2, 0.25) is 0 Å². The summed E-state index contributed by atoms with van der Waals surface area (Å²) in [5.74, 6) is -1.83. The van der Waals surface area contributed by atoms with Crippen molar-refractivity contribution in [3.05, 3.63) is 59.9 Å². The monoisotopic (exact) mass is 343 g/mol. The van der Waals surface area contributed by atoms with Crippen LogP contribution in [0.5, 0.6) is 0 Å². The number of halogens is 1. The number of benzene rings is 2. The molecule has 2 N–H and O–H groups in total. The first-order valence-corrected chi connectivity index (χ1v) is 7.90. The Morgan fingerprint density at radius 1 is 1.04 bits per heavy atom. The lowest BCUT2D eigenvalue weighted by Gasteiger charge is -2.07. The summed E-state index contributed by atoms with van der Waals surface area (Å²) in [6.07, 6.45) is 0.499. The second-order valence-corrected chi connectivity index (χ2v) is 5.66. The van der Waals surface area contributed by atoms with Gasteiger partial charge in [0, 0.05) is 17.1 Å². The highest BCUT2D eigenvalue weighted by Gasteiger charge is 2.13. The molecule has 5 nitrogen and oxygen atoms in total. The number of rotatable bonds is 5. The van der Waals surface area contributed by atoms with Crippen molar-refractivity contribution in [2.75, 3.05) is 11.9 Å². The second kappa shape index (κ2) is 8.70. The van der Waals surface area contributed by atoms with Crippen LogP contribution in [0.3, 0.4) is 0 Å². The Morgan fingerprint density at radius 3 is 2.33 bits per heavy atom. The minimum Gasteiger partial charge on any atom is -0.347 e. The highest BCUT2D eigenvalue weighted by atomic mass is 32.2. The minimum atomic E-state index is -0.769. The number of thioether (sulfide) groups is 1. The maximum absolute atomic E-state index is 12.8. The van der Waals surface area contributed by atoms with E-state index in [-0.39, 0.29) is 12.4 Å². The summed E-state index contributed by atoms with van der Waals surface area (Å²) in [4.78, 5) is 24.3. The SMILES string of the molecule is N#CSc1ccc(NC(=O)C(=O)NCCc2ccc(F)cc2)cc1. The average molecular weight is 343 g/mol. The summed E-state index contributed by atoms with van der Waals surface area (Å²) < 4.78 is 12.8. The minimum absolute atomic E-state index is 0.273. The lowest BCUT2D eigenvalue weighted by molar-refractivity contribution is -0.136. The van der Waals surface area contributed by atoms with Crippen molar-refractivity contribution in [2.45, 2.75) is 11.3 Å². The quantitative estimate of drug-likeness (QED) is 0.497. The van der Waals surface area contributed by atoms with E-state index in [2.05, 4.69) is 10.6 Å². The van der Waals surface area contributed by atoms with Crippen LogP contribution in [0.1, 0.15) is 5.56 Å². The van der Waals surface area contributed by atoms with Gasteiger partial charge in [0.2, 0.25) is 0 Å². The molecule has 0 saturated heterocycles. The first-order valence-electron chi connectivity index (χ1n) is 7.08. The van der Waals surface area contributed by atoms with Crippen LogP contribution in [-0.2, 0) is 16.0 Å². The number of thiocyanates is 1. The topological polar surface area (TPSA) is 82.0 Å². The van der Waals surface area contributed by atoms with E-state index in [1.54, 1.807) is 36.4 Å². The van der Waals surface area contributed by atoms with Crippen molar-refractivity contribution >= 4 is 29.3 Å². The zero-order valence-corrected chi connectivity index (χ0v) is 13.4. The summed E-state index contributed by atoms with van der Waals surface area (Å²) in [6, 6.07) is 12.5. The van der Waals surface area contributed by atoms with Crippen molar-refractivity contribution in [3.63, 3.8) is 0 Å². The first-order chi connectivity index (χ1) is 11.6. The van der Waals surface area contributed by atoms with Crippen molar-refractivity contribution in [1.29, 1.82) is 5.26 Å². The van der Waals surface area contributed by atoms with E-state index in [0.29, 0.717) is 12.1 Å². The van der Waals surface area contributed by atoms with Crippen molar-refractivity contribution in [1.82, 2.24) is 5.32 Å². The van der Waals surface area contributed by atoms with Crippen LogP contribution in [0.4, 0.5) is 10.1 Å². The van der Waals surface area contributed by atoms with E-state index in [9.17, 15) is 14.0 Å². The third-order valence-corrected chi connectivity index (χ3v) is 3.69. The number of anilines is 1. The van der Waals surface area contributed by atoms with Crippen LogP contribution in [-0.4, -0.2) is 18.4 Å². The molecule has 0 bridgehead atoms. The molecule has 0 aliphatic heterocycles. The van der Waals surface area contributed by atoms with Crippen LogP contribution in [0, 0.1) is 16.5 Å². The average Bonchev–Trinajstić information content (AvgIpc) is 2.58. The molecule has 24 heavy (non-hydrogen) atoms. The van der Waals surface area contributed by atoms with Crippen LogP contribution in [0.15, 0.2) is 53.4 Å². The second-order valence-electron chi connectivity index (χ2n) is 4.80. The Kier molecular flexibility index (Phi) is 6.34. The largest absolute Gasteiger partial charge is 0.347 e. The van der Waals surface area contributed by atoms with Crippen LogP contribution < -0.4 is 10.6 Å². The normalized spacial score (nSPS) is 9.83. The summed E-state index contributed by atoms with van der Waals surface area (Å²) in [5.41, 5.74) is 1.33. The van der Waals surface area contributed by atoms with E-state index in [1.165, 1.54) is 12.1 Å². The third-order valence-electron chi connectivity index (χ3n) is 3.09. The third kappa shape index (κ3) is 5.41. The molecule has 122 valence electrons. The van der Waals surface area contributed by atoms with Gasteiger partial charge < -0.3 is 10.6 Å². The molecular weight excluding hydrogens is 329 g/mol. The summed E-state index contributed by atoms with van der Waals surface area (Å²) >= 11 is 1.01. The Hall–Kier alpha value is -2.85. The molecule has 0 radical (unpaired) electrons. The Labute approximate surface area is 142 Å². The Bertz CT molecular complexity index is 755. The fourth-order valence-electron chi connectivity index (χ4n) is 1.90. The van der Waals surface area contributed by atoms with E-state index in [1.807, 2.05) is 5.40 Å². The predicted molar refractivity (Wildman–Crippen MR) is 89.7 cm³/mol. The fourth-order valence-corrected chi connectivity index (χ4v) is 2.28. The summed E-state index contributed by atoms with van der Waals surface area (Å²) in [5, 5.41) is 15.5. The molecule has 0 spiro atoms. The number of carbonyl (C=O) groups excluding carboxylic acids is 2. The molecular formula is C17H14FN3O2S. The standard InChI is InChI=1S/C17H14FN3O2S/c18-13-3-1-12(2-4-13)9-10-20-16(22)17(23)21-14-5-7-15(8-6-14)24-11-19/h1-8H,9-10H2,(H,20,22)(H,21,23). The summed E-state index contributed by atoms with van der Waals surface area (Å²) in [7, 11) is 0. The molecule has 0 aromatic heterocycles. The van der Waals surface area contributed by atoms with Gasteiger partial charge in [-0.25, -0.2) is 4.39 Å². The van der Waals surface area contributed by atoms with Crippen molar-refractivity contribution in [3.8, 4) is 5.40 Å². The van der Waals surface area contributed by atoms with Crippen LogP contribution in [0.25, 0.3) is 0 Å². The lowest BCUT2D eigenvalue weighted by atomic mass is 10.1. The van der Waals surface area contributed by atoms with Crippen molar-refractivity contribution in [2.24, 2.45) is 0 Å². The van der Waals surface area contributed by atoms with Gasteiger partial charge in [-0.15, -0.1) is 0 Å². The maximum atomic E-state index is 12.8. The number of nitriles is 1. The Morgan fingerprint density at radius 2 is 1.71 bits per heavy atom. The van der Waals surface area contributed by atoms with Gasteiger partial charge in [-0.1, -0.05) is 12.1 Å². The van der Waals surface area contributed by atoms with Gasteiger partial charge in [0.25, 0.3) is 0 Å². The highest BCUT2D eigenvalue weighted by Crippen LogP contribution is 2.18. The molecule has 0 saturated carbocycles. The number of nitrogens with one attached hydrogen (secondary N) is 2. The molecule has 7 heteroatoms. The smallest absolute Gasteiger partial charge is 0.313 e. The molecule has 0 atom stereocenters. The zero-order valence-electron chi connectivity index (χ0n) is 12.6. The molecule has 0 heterocycles. The van der Waals surface area contributed by atoms with E-state index < -0.39 is 11.8 Å². The number of hydrogen-bond acceptors (Lipinski definition) is 4. The van der Waals surface area contributed by atoms with Gasteiger partial charge >= 0.3 is 11.8 Å². The predicted octanol–water partition coefficient (Wildman–Crippen LogP) is 2.70. The Balaban J connectivity index is 1.78. The molecule has 2 amide bonds. The fraction of sp³-hybridized carbons (Fsp3) is 0.118. The van der Waals surface area contributed by atoms with Crippen LogP contribution >= 0.6 is 11.8 Å². The zero-order chi connectivity index (χ0) is 17.4.